The van der Waals surface area contributed by atoms with E-state index in [9.17, 15) is 0 Å². The second-order valence-electron chi connectivity index (χ2n) is 2.96. The van der Waals surface area contributed by atoms with E-state index in [0.717, 1.165) is 5.92 Å². The van der Waals surface area contributed by atoms with Gasteiger partial charge in [0.05, 0.1) is 6.10 Å². The molecule has 0 bridgehead atoms. The first-order valence-electron chi connectivity index (χ1n) is 4.02. The van der Waals surface area contributed by atoms with Crippen LogP contribution in [0.25, 0.3) is 0 Å². The summed E-state index contributed by atoms with van der Waals surface area (Å²) in [5.41, 5.74) is 0. The first-order chi connectivity index (χ1) is 4.86. The van der Waals surface area contributed by atoms with E-state index in [1.54, 1.807) is 0 Å². The summed E-state index contributed by atoms with van der Waals surface area (Å²) in [5, 5.41) is 0. The molecule has 1 rings (SSSR count). The minimum atomic E-state index is 0.529. The van der Waals surface area contributed by atoms with Gasteiger partial charge in [-0.05, 0) is 32.1 Å². The summed E-state index contributed by atoms with van der Waals surface area (Å²) in [7, 11) is 1.81. The Bertz CT molecular complexity index is 118. The van der Waals surface area contributed by atoms with Crippen LogP contribution in [0.15, 0.2) is 12.2 Å². The van der Waals surface area contributed by atoms with Crippen molar-refractivity contribution in [2.24, 2.45) is 5.92 Å². The molecule has 1 saturated carbocycles. The van der Waals surface area contributed by atoms with E-state index in [2.05, 4.69) is 19.1 Å². The van der Waals surface area contributed by atoms with Crippen molar-refractivity contribution in [3.05, 3.63) is 12.2 Å². The molecular formula is C9H16O. The van der Waals surface area contributed by atoms with Crippen LogP contribution >= 0.6 is 0 Å². The molecule has 1 aliphatic carbocycles. The Morgan fingerprint density at radius 2 is 2.20 bits per heavy atom. The lowest BCUT2D eigenvalue weighted by Crippen LogP contribution is -2.03. The molecule has 1 aliphatic rings. The lowest BCUT2D eigenvalue weighted by molar-refractivity contribution is 0.107. The van der Waals surface area contributed by atoms with Crippen molar-refractivity contribution in [3.63, 3.8) is 0 Å². The Morgan fingerprint density at radius 1 is 1.40 bits per heavy atom. The molecule has 0 radical (unpaired) electrons. The smallest absolute Gasteiger partial charge is 0.0577 e. The van der Waals surface area contributed by atoms with Crippen LogP contribution in [0.1, 0.15) is 26.2 Å². The van der Waals surface area contributed by atoms with Crippen molar-refractivity contribution in [2.45, 2.75) is 32.3 Å². The maximum atomic E-state index is 5.25. The fourth-order valence-electron chi connectivity index (χ4n) is 1.63. The molecule has 2 atom stereocenters. The van der Waals surface area contributed by atoms with Crippen LogP contribution in [0.4, 0.5) is 0 Å². The van der Waals surface area contributed by atoms with Crippen molar-refractivity contribution in [1.29, 1.82) is 0 Å². The third-order valence-electron chi connectivity index (χ3n) is 2.22. The van der Waals surface area contributed by atoms with E-state index in [-0.39, 0.29) is 0 Å². The van der Waals surface area contributed by atoms with Crippen molar-refractivity contribution in [1.82, 2.24) is 0 Å². The van der Waals surface area contributed by atoms with Crippen LogP contribution in [-0.4, -0.2) is 13.2 Å². The molecule has 0 aromatic heterocycles. The van der Waals surface area contributed by atoms with Gasteiger partial charge in [-0.15, -0.1) is 0 Å². The van der Waals surface area contributed by atoms with E-state index >= 15 is 0 Å². The SMILES string of the molecule is CC=CC1CCC(OC)C1. The van der Waals surface area contributed by atoms with Gasteiger partial charge in [-0.25, -0.2) is 0 Å². The third-order valence-corrected chi connectivity index (χ3v) is 2.22. The zero-order valence-corrected chi connectivity index (χ0v) is 6.84. The van der Waals surface area contributed by atoms with Crippen LogP contribution < -0.4 is 0 Å². The van der Waals surface area contributed by atoms with Crippen LogP contribution in [0, 0.1) is 5.92 Å². The number of methoxy groups -OCH3 is 1. The predicted octanol–water partition coefficient (Wildman–Crippen LogP) is 2.38. The Labute approximate surface area is 63.1 Å². The van der Waals surface area contributed by atoms with Crippen LogP contribution in [0.2, 0.25) is 0 Å². The van der Waals surface area contributed by atoms with Crippen LogP contribution in [0.3, 0.4) is 0 Å². The maximum absolute atomic E-state index is 5.25. The minimum Gasteiger partial charge on any atom is -0.381 e. The zero-order valence-electron chi connectivity index (χ0n) is 6.84. The summed E-state index contributed by atoms with van der Waals surface area (Å²) >= 11 is 0. The van der Waals surface area contributed by atoms with Gasteiger partial charge in [0.15, 0.2) is 0 Å². The van der Waals surface area contributed by atoms with E-state index < -0.39 is 0 Å². The summed E-state index contributed by atoms with van der Waals surface area (Å²) < 4.78 is 5.25. The predicted molar refractivity (Wildman–Crippen MR) is 43.0 cm³/mol. The van der Waals surface area contributed by atoms with Gasteiger partial charge in [0.25, 0.3) is 0 Å². The summed E-state index contributed by atoms with van der Waals surface area (Å²) in [5.74, 6) is 0.787. The summed E-state index contributed by atoms with van der Waals surface area (Å²) in [6.07, 6.45) is 8.73. The first-order valence-corrected chi connectivity index (χ1v) is 4.02. The third kappa shape index (κ3) is 1.84. The van der Waals surface area contributed by atoms with Crippen LogP contribution in [-0.2, 0) is 4.74 Å². The lowest BCUT2D eigenvalue weighted by Gasteiger charge is -2.05. The summed E-state index contributed by atoms with van der Waals surface area (Å²) in [6, 6.07) is 0. The molecule has 0 heterocycles. The molecule has 10 heavy (non-hydrogen) atoms. The van der Waals surface area contributed by atoms with Gasteiger partial charge >= 0.3 is 0 Å². The molecule has 0 aromatic carbocycles. The highest BCUT2D eigenvalue weighted by atomic mass is 16.5. The average molecular weight is 140 g/mol. The maximum Gasteiger partial charge on any atom is 0.0577 e. The average Bonchev–Trinajstić information content (AvgIpc) is 2.37. The molecule has 0 aliphatic heterocycles. The number of hydrogen-bond acceptors (Lipinski definition) is 1. The Balaban J connectivity index is 2.28. The molecule has 0 spiro atoms. The molecule has 1 heteroatoms. The van der Waals surface area contributed by atoms with Gasteiger partial charge in [0.1, 0.15) is 0 Å². The fourth-order valence-corrected chi connectivity index (χ4v) is 1.63. The normalized spacial score (nSPS) is 33.8. The molecule has 2 unspecified atom stereocenters. The standard InChI is InChI=1S/C9H16O/c1-3-4-8-5-6-9(7-8)10-2/h3-4,8-9H,5-7H2,1-2H3. The number of ether oxygens (including phenoxy) is 1. The molecule has 0 aromatic rings. The number of hydrogen-bond donors (Lipinski definition) is 0. The van der Waals surface area contributed by atoms with Gasteiger partial charge < -0.3 is 4.74 Å². The molecular weight excluding hydrogens is 124 g/mol. The number of rotatable bonds is 2. The van der Waals surface area contributed by atoms with E-state index in [1.165, 1.54) is 19.3 Å². The van der Waals surface area contributed by atoms with Crippen molar-refractivity contribution in [2.75, 3.05) is 7.11 Å². The summed E-state index contributed by atoms with van der Waals surface area (Å²) in [6.45, 7) is 2.08. The van der Waals surface area contributed by atoms with Crippen molar-refractivity contribution >= 4 is 0 Å². The number of allylic oxidation sites excluding steroid dienone is 2. The van der Waals surface area contributed by atoms with Crippen molar-refractivity contribution < 1.29 is 4.74 Å². The van der Waals surface area contributed by atoms with E-state index in [0.29, 0.717) is 6.10 Å². The van der Waals surface area contributed by atoms with Gasteiger partial charge in [-0.3, -0.25) is 0 Å². The highest BCUT2D eigenvalue weighted by Gasteiger charge is 2.21. The lowest BCUT2D eigenvalue weighted by atomic mass is 10.1. The fraction of sp³-hybridized carbons (Fsp3) is 0.778. The second kappa shape index (κ2) is 3.77. The Morgan fingerprint density at radius 3 is 2.70 bits per heavy atom. The largest absolute Gasteiger partial charge is 0.381 e. The molecule has 0 saturated heterocycles. The second-order valence-corrected chi connectivity index (χ2v) is 2.96. The van der Waals surface area contributed by atoms with E-state index in [1.807, 2.05) is 7.11 Å². The minimum absolute atomic E-state index is 0.529. The Kier molecular flexibility index (Phi) is 2.94. The van der Waals surface area contributed by atoms with Gasteiger partial charge in [0, 0.05) is 7.11 Å². The van der Waals surface area contributed by atoms with Gasteiger partial charge in [-0.2, -0.15) is 0 Å². The quantitative estimate of drug-likeness (QED) is 0.535. The highest BCUT2D eigenvalue weighted by molar-refractivity contribution is 4.91. The van der Waals surface area contributed by atoms with Crippen LogP contribution in [0.5, 0.6) is 0 Å². The Hall–Kier alpha value is -0.300. The first kappa shape index (κ1) is 7.80. The zero-order chi connectivity index (χ0) is 7.40. The van der Waals surface area contributed by atoms with E-state index in [4.69, 9.17) is 4.74 Å². The van der Waals surface area contributed by atoms with Crippen molar-refractivity contribution in [3.8, 4) is 0 Å². The molecule has 0 amide bonds. The monoisotopic (exact) mass is 140 g/mol. The molecule has 1 nitrogen and oxygen atoms in total. The molecule has 0 N–H and O–H groups in total. The molecule has 1 fully saturated rings. The molecule has 58 valence electrons. The van der Waals surface area contributed by atoms with Gasteiger partial charge in [-0.1, -0.05) is 12.2 Å². The highest BCUT2D eigenvalue weighted by Crippen LogP contribution is 2.27. The van der Waals surface area contributed by atoms with Gasteiger partial charge in [0.2, 0.25) is 0 Å². The summed E-state index contributed by atoms with van der Waals surface area (Å²) in [4.78, 5) is 0. The topological polar surface area (TPSA) is 9.23 Å².